The van der Waals surface area contributed by atoms with Gasteiger partial charge in [0.1, 0.15) is 4.91 Å². The number of nitrogens with zero attached hydrogens (tertiary/aromatic N) is 2. The minimum Gasteiger partial charge on any atom is -0.493 e. The molecule has 0 radical (unpaired) electrons. The van der Waals surface area contributed by atoms with Crippen molar-refractivity contribution in [2.75, 3.05) is 14.2 Å². The van der Waals surface area contributed by atoms with E-state index in [4.69, 9.17) is 13.9 Å². The Bertz CT molecular complexity index is 726. The summed E-state index contributed by atoms with van der Waals surface area (Å²) in [4.78, 5) is 11.5. The van der Waals surface area contributed by atoms with Gasteiger partial charge in [0.25, 0.3) is 5.22 Å². The van der Waals surface area contributed by atoms with Crippen LogP contribution in [-0.2, 0) is 11.2 Å². The van der Waals surface area contributed by atoms with Crippen LogP contribution in [0.5, 0.6) is 11.5 Å². The molecule has 0 aliphatic heterocycles. The van der Waals surface area contributed by atoms with Crippen LogP contribution in [-0.4, -0.2) is 35.5 Å². The van der Waals surface area contributed by atoms with E-state index in [0.717, 1.165) is 11.8 Å². The van der Waals surface area contributed by atoms with Gasteiger partial charge in [-0.1, -0.05) is 19.1 Å². The molecule has 0 saturated heterocycles. The number of aryl methyl sites for hydroxylation is 1. The van der Waals surface area contributed by atoms with Crippen molar-refractivity contribution in [2.24, 2.45) is 0 Å². The predicted octanol–water partition coefficient (Wildman–Crippen LogP) is 2.87. The van der Waals surface area contributed by atoms with Crippen molar-refractivity contribution in [3.63, 3.8) is 0 Å². The van der Waals surface area contributed by atoms with Crippen molar-refractivity contribution in [2.45, 2.75) is 18.6 Å². The van der Waals surface area contributed by atoms with Crippen molar-refractivity contribution in [3.05, 3.63) is 34.6 Å². The molecule has 2 rings (SSSR count). The van der Waals surface area contributed by atoms with Gasteiger partial charge in [-0.3, -0.25) is 0 Å². The van der Waals surface area contributed by atoms with Gasteiger partial charge in [0.05, 0.1) is 14.2 Å². The summed E-state index contributed by atoms with van der Waals surface area (Å²) < 4.78 is 15.8. The number of aliphatic carboxylic acids is 1. The molecule has 1 heterocycles. The van der Waals surface area contributed by atoms with Crippen molar-refractivity contribution < 1.29 is 23.8 Å². The summed E-state index contributed by atoms with van der Waals surface area (Å²) in [5, 5.41) is 17.2. The molecule has 8 heteroatoms. The Balaban J connectivity index is 2.37. The average Bonchev–Trinajstić information content (AvgIpc) is 3.01. The molecule has 1 aromatic heterocycles. The maximum atomic E-state index is 11.5. The Morgan fingerprint density at radius 1 is 1.35 bits per heavy atom. The van der Waals surface area contributed by atoms with Crippen LogP contribution in [0.3, 0.4) is 0 Å². The molecule has 2 aromatic rings. The number of hydrogen-bond acceptors (Lipinski definition) is 7. The Morgan fingerprint density at radius 2 is 2.13 bits per heavy atom. The summed E-state index contributed by atoms with van der Waals surface area (Å²) in [5.41, 5.74) is 0.576. The van der Waals surface area contributed by atoms with Crippen LogP contribution in [0.2, 0.25) is 0 Å². The molecular weight excluding hydrogens is 320 g/mol. The summed E-state index contributed by atoms with van der Waals surface area (Å²) >= 11 is 0.885. The third-order valence-electron chi connectivity index (χ3n) is 2.88. The molecule has 0 aliphatic rings. The first-order valence-electron chi connectivity index (χ1n) is 6.75. The molecule has 0 aliphatic carbocycles. The number of ether oxygens (including phenoxy) is 2. The van der Waals surface area contributed by atoms with E-state index in [1.807, 2.05) is 6.92 Å². The average molecular weight is 336 g/mol. The zero-order valence-corrected chi connectivity index (χ0v) is 13.7. The normalized spacial score (nSPS) is 11.3. The van der Waals surface area contributed by atoms with Gasteiger partial charge >= 0.3 is 5.97 Å². The highest BCUT2D eigenvalue weighted by molar-refractivity contribution is 8.03. The first-order chi connectivity index (χ1) is 11.1. The van der Waals surface area contributed by atoms with Crippen LogP contribution in [0, 0.1) is 0 Å². The van der Waals surface area contributed by atoms with E-state index >= 15 is 0 Å². The van der Waals surface area contributed by atoms with Crippen LogP contribution in [0.15, 0.2) is 32.7 Å². The highest BCUT2D eigenvalue weighted by Gasteiger charge is 2.17. The number of carboxylic acid groups (broad SMARTS) is 1. The summed E-state index contributed by atoms with van der Waals surface area (Å²) in [7, 11) is 3.01. The monoisotopic (exact) mass is 336 g/mol. The minimum absolute atomic E-state index is 0.0304. The lowest BCUT2D eigenvalue weighted by Crippen LogP contribution is -1.98. The Morgan fingerprint density at radius 3 is 2.70 bits per heavy atom. The summed E-state index contributed by atoms with van der Waals surface area (Å²) in [5.74, 6) is 0.323. The smallest absolute Gasteiger partial charge is 0.342 e. The first-order valence-corrected chi connectivity index (χ1v) is 7.56. The number of benzene rings is 1. The summed E-state index contributed by atoms with van der Waals surface area (Å²) in [6, 6.07) is 5.21. The van der Waals surface area contributed by atoms with E-state index in [9.17, 15) is 9.90 Å². The molecule has 0 atom stereocenters. The van der Waals surface area contributed by atoms with Crippen molar-refractivity contribution in [3.8, 4) is 11.5 Å². The van der Waals surface area contributed by atoms with Gasteiger partial charge in [-0.25, -0.2) is 4.79 Å². The number of carbonyl (C=O) groups is 1. The molecule has 122 valence electrons. The molecule has 0 fully saturated rings. The number of para-hydroxylation sites is 1. The standard InChI is InChI=1S/C15H16N2O5S/c1-4-12-16-17-15(22-12)23-11(14(18)19)8-9-6-5-7-10(20-2)13(9)21-3/h5-8H,4H2,1-3H3,(H,18,19)/b11-8-. The van der Waals surface area contributed by atoms with Crippen molar-refractivity contribution in [1.29, 1.82) is 0 Å². The summed E-state index contributed by atoms with van der Waals surface area (Å²) in [6.07, 6.45) is 2.06. The third-order valence-corrected chi connectivity index (χ3v) is 3.73. The fraction of sp³-hybridized carbons (Fsp3) is 0.267. The molecular formula is C15H16N2O5S. The van der Waals surface area contributed by atoms with Gasteiger partial charge in [0.2, 0.25) is 5.89 Å². The van der Waals surface area contributed by atoms with E-state index in [1.54, 1.807) is 18.2 Å². The zero-order valence-electron chi connectivity index (χ0n) is 12.9. The van der Waals surface area contributed by atoms with Crippen LogP contribution in [0.1, 0.15) is 18.4 Å². The fourth-order valence-electron chi connectivity index (χ4n) is 1.82. The molecule has 0 saturated carbocycles. The molecule has 0 bridgehead atoms. The molecule has 0 spiro atoms. The minimum atomic E-state index is -1.10. The topological polar surface area (TPSA) is 94.7 Å². The zero-order chi connectivity index (χ0) is 16.8. The van der Waals surface area contributed by atoms with Crippen LogP contribution in [0.4, 0.5) is 0 Å². The second-order valence-corrected chi connectivity index (χ2v) is 5.31. The van der Waals surface area contributed by atoms with E-state index in [1.165, 1.54) is 20.3 Å². The van der Waals surface area contributed by atoms with Crippen molar-refractivity contribution >= 4 is 23.8 Å². The second kappa shape index (κ2) is 7.68. The Hall–Kier alpha value is -2.48. The van der Waals surface area contributed by atoms with Gasteiger partial charge in [-0.05, 0) is 23.9 Å². The lowest BCUT2D eigenvalue weighted by molar-refractivity contribution is -0.131. The molecule has 7 nitrogen and oxygen atoms in total. The largest absolute Gasteiger partial charge is 0.493 e. The summed E-state index contributed by atoms with van der Waals surface area (Å²) in [6.45, 7) is 1.87. The Labute approximate surface area is 137 Å². The number of hydrogen-bond donors (Lipinski definition) is 1. The maximum Gasteiger partial charge on any atom is 0.342 e. The molecule has 23 heavy (non-hydrogen) atoms. The van der Waals surface area contributed by atoms with E-state index in [0.29, 0.717) is 29.4 Å². The number of carboxylic acids is 1. The number of thioether (sulfide) groups is 1. The fourth-order valence-corrected chi connectivity index (χ4v) is 2.50. The maximum absolute atomic E-state index is 11.5. The van der Waals surface area contributed by atoms with Crippen LogP contribution >= 0.6 is 11.8 Å². The number of aromatic nitrogens is 2. The quantitative estimate of drug-likeness (QED) is 0.609. The van der Waals surface area contributed by atoms with Gasteiger partial charge in [0.15, 0.2) is 11.5 Å². The van der Waals surface area contributed by atoms with Crippen LogP contribution in [0.25, 0.3) is 6.08 Å². The third kappa shape index (κ3) is 4.04. The van der Waals surface area contributed by atoms with E-state index in [2.05, 4.69) is 10.2 Å². The predicted molar refractivity (Wildman–Crippen MR) is 84.7 cm³/mol. The highest BCUT2D eigenvalue weighted by Crippen LogP contribution is 2.35. The lowest BCUT2D eigenvalue weighted by Gasteiger charge is -2.10. The van der Waals surface area contributed by atoms with Gasteiger partial charge in [0, 0.05) is 12.0 Å². The van der Waals surface area contributed by atoms with Gasteiger partial charge in [-0.2, -0.15) is 0 Å². The number of methoxy groups -OCH3 is 2. The number of rotatable bonds is 7. The van der Waals surface area contributed by atoms with E-state index in [-0.39, 0.29) is 10.1 Å². The SMILES string of the molecule is CCc1nnc(S/C(=C\c2cccc(OC)c2OC)C(=O)O)o1. The van der Waals surface area contributed by atoms with E-state index < -0.39 is 5.97 Å². The van der Waals surface area contributed by atoms with Gasteiger partial charge < -0.3 is 19.0 Å². The molecule has 0 amide bonds. The lowest BCUT2D eigenvalue weighted by atomic mass is 10.1. The van der Waals surface area contributed by atoms with Gasteiger partial charge in [-0.15, -0.1) is 10.2 Å². The first kappa shape index (κ1) is 16.9. The highest BCUT2D eigenvalue weighted by atomic mass is 32.2. The van der Waals surface area contributed by atoms with Crippen LogP contribution < -0.4 is 9.47 Å². The Kier molecular flexibility index (Phi) is 5.64. The molecule has 1 aromatic carbocycles. The van der Waals surface area contributed by atoms with Crippen molar-refractivity contribution in [1.82, 2.24) is 10.2 Å². The molecule has 0 unspecified atom stereocenters. The second-order valence-electron chi connectivity index (χ2n) is 4.31. The molecule has 1 N–H and O–H groups in total.